The lowest BCUT2D eigenvalue weighted by Gasteiger charge is -2.28. The number of halogens is 9. The van der Waals surface area contributed by atoms with E-state index >= 15 is 0 Å². The van der Waals surface area contributed by atoms with Crippen LogP contribution in [0.25, 0.3) is 0 Å². The summed E-state index contributed by atoms with van der Waals surface area (Å²) in [6.07, 6.45) is -12.7. The minimum Gasteiger partial charge on any atom is -0.475 e. The average molecular weight is 514 g/mol. The van der Waals surface area contributed by atoms with Gasteiger partial charge in [0.15, 0.2) is 0 Å². The van der Waals surface area contributed by atoms with Gasteiger partial charge in [0.2, 0.25) is 5.91 Å². The fourth-order valence-electron chi connectivity index (χ4n) is 1.57. The number of carbonyl (C=O) groups is 4. The Hall–Kier alpha value is -2.83. The van der Waals surface area contributed by atoms with Crippen molar-refractivity contribution in [3.8, 4) is 0 Å². The first-order valence-electron chi connectivity index (χ1n) is 8.07. The van der Waals surface area contributed by atoms with E-state index in [1.54, 1.807) is 5.48 Å². The summed E-state index contributed by atoms with van der Waals surface area (Å²) in [4.78, 5) is 39.7. The Bertz CT molecular complexity index is 571. The topological polar surface area (TPSA) is 164 Å². The Morgan fingerprint density at radius 2 is 1.00 bits per heavy atom. The van der Waals surface area contributed by atoms with E-state index in [4.69, 9.17) is 34.9 Å². The number of hydroxylamine groups is 1. The maximum Gasteiger partial charge on any atom is 0.490 e. The molecule has 0 radical (unpaired) electrons. The first-order valence-corrected chi connectivity index (χ1v) is 8.07. The highest BCUT2D eigenvalue weighted by atomic mass is 19.4. The highest BCUT2D eigenvalue weighted by molar-refractivity contribution is 5.75. The van der Waals surface area contributed by atoms with Gasteiger partial charge in [0.25, 0.3) is 0 Å². The van der Waals surface area contributed by atoms with Crippen LogP contribution < -0.4 is 5.48 Å². The van der Waals surface area contributed by atoms with Crippen LogP contribution in [0, 0.1) is 5.92 Å². The van der Waals surface area contributed by atoms with E-state index in [-0.39, 0.29) is 5.91 Å². The van der Waals surface area contributed by atoms with Gasteiger partial charge in [-0.05, 0) is 38.9 Å². The molecule has 19 heteroatoms. The van der Waals surface area contributed by atoms with Crippen LogP contribution in [0.2, 0.25) is 0 Å². The number of hydrogen-bond acceptors (Lipinski definition) is 6. The Morgan fingerprint density at radius 1 is 0.758 bits per heavy atom. The molecule has 33 heavy (non-hydrogen) atoms. The normalized spacial score (nSPS) is 14.8. The lowest BCUT2D eigenvalue weighted by atomic mass is 9.94. The quantitative estimate of drug-likeness (QED) is 0.211. The maximum absolute atomic E-state index is 10.8. The van der Waals surface area contributed by atoms with Crippen molar-refractivity contribution in [2.75, 3.05) is 20.1 Å². The van der Waals surface area contributed by atoms with Crippen LogP contribution in [0.3, 0.4) is 0 Å². The third-order valence-electron chi connectivity index (χ3n) is 3.16. The fourth-order valence-corrected chi connectivity index (χ4v) is 1.57. The number of piperidine rings is 1. The van der Waals surface area contributed by atoms with Crippen molar-refractivity contribution in [3.63, 3.8) is 0 Å². The summed E-state index contributed by atoms with van der Waals surface area (Å²) in [6.45, 7) is 2.12. The monoisotopic (exact) mass is 514 g/mol. The number of amides is 1. The van der Waals surface area contributed by atoms with E-state index in [1.807, 2.05) is 0 Å². The number of carbonyl (C=O) groups excluding carboxylic acids is 1. The van der Waals surface area contributed by atoms with Gasteiger partial charge in [-0.3, -0.25) is 10.0 Å². The van der Waals surface area contributed by atoms with Gasteiger partial charge in [-0.15, -0.1) is 0 Å². The number of rotatable bonds is 2. The first-order chi connectivity index (χ1) is 14.5. The number of aliphatic carboxylic acids is 3. The fraction of sp³-hybridized carbons (Fsp3) is 0.714. The second-order valence-corrected chi connectivity index (χ2v) is 5.89. The zero-order valence-electron chi connectivity index (χ0n) is 16.4. The number of nitrogens with zero attached hydrogens (tertiary/aromatic N) is 1. The van der Waals surface area contributed by atoms with E-state index in [1.165, 1.54) is 0 Å². The minimum atomic E-state index is -5.08. The van der Waals surface area contributed by atoms with Crippen LogP contribution in [0.15, 0.2) is 0 Å². The molecule has 5 N–H and O–H groups in total. The van der Waals surface area contributed by atoms with Crippen LogP contribution in [0.5, 0.6) is 0 Å². The van der Waals surface area contributed by atoms with Gasteiger partial charge in [0, 0.05) is 6.42 Å². The summed E-state index contributed by atoms with van der Waals surface area (Å²) in [6, 6.07) is 0. The Kier molecular flexibility index (Phi) is 15.9. The molecule has 0 spiro atoms. The Labute approximate surface area is 178 Å². The Morgan fingerprint density at radius 3 is 1.18 bits per heavy atom. The molecule has 1 amide bonds. The molecule has 0 atom stereocenters. The molecule has 0 aromatic rings. The zero-order chi connectivity index (χ0) is 27.2. The maximum atomic E-state index is 10.8. The van der Waals surface area contributed by atoms with Gasteiger partial charge in [-0.2, -0.15) is 39.5 Å². The summed E-state index contributed by atoms with van der Waals surface area (Å²) in [5.41, 5.74) is 1.67. The van der Waals surface area contributed by atoms with Gasteiger partial charge >= 0.3 is 36.4 Å². The molecule has 0 aliphatic carbocycles. The Balaban J connectivity index is -0.000000379. The molecule has 1 aliphatic heterocycles. The van der Waals surface area contributed by atoms with Crippen LogP contribution in [-0.2, 0) is 19.2 Å². The van der Waals surface area contributed by atoms with Gasteiger partial charge in [0.1, 0.15) is 0 Å². The minimum absolute atomic E-state index is 0.260. The lowest BCUT2D eigenvalue weighted by Crippen LogP contribution is -2.32. The predicted octanol–water partition coefficient (Wildman–Crippen LogP) is 2.12. The van der Waals surface area contributed by atoms with Crippen LogP contribution in [0.1, 0.15) is 19.3 Å². The van der Waals surface area contributed by atoms with Crippen molar-refractivity contribution in [1.29, 1.82) is 0 Å². The standard InChI is InChI=1S/C8H16N2O2.3C2HF3O2/c1-10-4-2-7(3-5-10)6-8(11)9-12;3*3-2(4,5)1(6)7/h7,12H,2-6H2,1H3,(H,9,11);3*(H,6,7). The molecule has 1 saturated heterocycles. The SMILES string of the molecule is CN1CCC(CC(=O)NO)CC1.O=C(O)C(F)(F)F.O=C(O)C(F)(F)F.O=C(O)C(F)(F)F. The van der Waals surface area contributed by atoms with E-state index < -0.39 is 36.4 Å². The molecule has 0 aromatic heterocycles. The van der Waals surface area contributed by atoms with E-state index in [9.17, 15) is 44.3 Å². The molecular weight excluding hydrogens is 495 g/mol. The number of alkyl halides is 9. The molecule has 0 saturated carbocycles. The molecule has 196 valence electrons. The molecule has 10 nitrogen and oxygen atoms in total. The molecule has 0 aromatic carbocycles. The summed E-state index contributed by atoms with van der Waals surface area (Å²) in [5, 5.41) is 29.7. The average Bonchev–Trinajstić information content (AvgIpc) is 2.62. The second-order valence-electron chi connectivity index (χ2n) is 5.89. The molecule has 1 fully saturated rings. The molecule has 1 heterocycles. The number of carboxylic acid groups (broad SMARTS) is 3. The van der Waals surface area contributed by atoms with Gasteiger partial charge in [-0.1, -0.05) is 0 Å². The highest BCUT2D eigenvalue weighted by Crippen LogP contribution is 2.19. The van der Waals surface area contributed by atoms with Crippen molar-refractivity contribution >= 4 is 23.8 Å². The summed E-state index contributed by atoms with van der Waals surface area (Å²) in [5.74, 6) is -8.08. The van der Waals surface area contributed by atoms with E-state index in [0.29, 0.717) is 12.3 Å². The van der Waals surface area contributed by atoms with Gasteiger partial charge in [0.05, 0.1) is 0 Å². The number of nitrogens with one attached hydrogen (secondary N) is 1. The summed E-state index contributed by atoms with van der Waals surface area (Å²) >= 11 is 0. The van der Waals surface area contributed by atoms with E-state index in [2.05, 4.69) is 11.9 Å². The van der Waals surface area contributed by atoms with Gasteiger partial charge < -0.3 is 20.2 Å². The van der Waals surface area contributed by atoms with Crippen molar-refractivity contribution in [1.82, 2.24) is 10.4 Å². The predicted molar refractivity (Wildman–Crippen MR) is 85.8 cm³/mol. The zero-order valence-corrected chi connectivity index (χ0v) is 16.4. The van der Waals surface area contributed by atoms with Crippen molar-refractivity contribution in [3.05, 3.63) is 0 Å². The highest BCUT2D eigenvalue weighted by Gasteiger charge is 2.39. The summed E-state index contributed by atoms with van der Waals surface area (Å²) < 4.78 is 95.2. The lowest BCUT2D eigenvalue weighted by molar-refractivity contribution is -0.193. The molecule has 1 rings (SSSR count). The summed E-state index contributed by atoms with van der Waals surface area (Å²) in [7, 11) is 2.09. The molecule has 1 aliphatic rings. The smallest absolute Gasteiger partial charge is 0.475 e. The number of carboxylic acids is 3. The van der Waals surface area contributed by atoms with Gasteiger partial charge in [-0.25, -0.2) is 19.9 Å². The van der Waals surface area contributed by atoms with E-state index in [0.717, 1.165) is 25.9 Å². The van der Waals surface area contributed by atoms with Crippen LogP contribution >= 0.6 is 0 Å². The van der Waals surface area contributed by atoms with Crippen LogP contribution in [0.4, 0.5) is 39.5 Å². The third-order valence-corrected chi connectivity index (χ3v) is 3.16. The largest absolute Gasteiger partial charge is 0.490 e. The van der Waals surface area contributed by atoms with Crippen molar-refractivity contribution in [2.24, 2.45) is 5.92 Å². The third kappa shape index (κ3) is 22.2. The number of likely N-dealkylation sites (tertiary alicyclic amines) is 1. The van der Waals surface area contributed by atoms with Crippen molar-refractivity contribution < 1.29 is 79.2 Å². The number of hydrogen-bond donors (Lipinski definition) is 5. The molecular formula is C14H19F9N2O8. The van der Waals surface area contributed by atoms with Crippen LogP contribution in [-0.4, -0.2) is 87.9 Å². The first kappa shape index (κ1) is 34.8. The second kappa shape index (κ2) is 15.1. The molecule has 0 bridgehead atoms. The molecule has 0 unspecified atom stereocenters. The van der Waals surface area contributed by atoms with Crippen molar-refractivity contribution in [2.45, 2.75) is 37.8 Å².